The third-order valence-corrected chi connectivity index (χ3v) is 3.09. The van der Waals surface area contributed by atoms with E-state index in [1.165, 1.54) is 11.5 Å². The average molecular weight is 286 g/mol. The molecule has 4 nitrogen and oxygen atoms in total. The number of ether oxygens (including phenoxy) is 1. The van der Waals surface area contributed by atoms with E-state index in [1.54, 1.807) is 7.11 Å². The third kappa shape index (κ3) is 2.10. The molecule has 0 unspecified atom stereocenters. The Hall–Kier alpha value is -1.14. The van der Waals surface area contributed by atoms with Gasteiger partial charge in [0.05, 0.1) is 7.11 Å². The molecule has 15 heavy (non-hydrogen) atoms. The summed E-state index contributed by atoms with van der Waals surface area (Å²) in [5.74, 6) is 1.38. The van der Waals surface area contributed by atoms with Crippen molar-refractivity contribution in [1.29, 1.82) is 0 Å². The standard InChI is InChI=1S/C9H8BrN3OS/c1-14-5-2-3-7(10)6(4-5)8-12-9(11)15-13-8/h2-4H,1H3,(H2,11,12,13). The molecule has 0 fully saturated rings. The molecule has 0 spiro atoms. The van der Waals surface area contributed by atoms with E-state index < -0.39 is 0 Å². The Bertz CT molecular complexity index is 486. The van der Waals surface area contributed by atoms with Gasteiger partial charge >= 0.3 is 0 Å². The quantitative estimate of drug-likeness (QED) is 0.921. The van der Waals surface area contributed by atoms with Crippen LogP contribution >= 0.6 is 27.5 Å². The molecule has 1 aromatic carbocycles. The van der Waals surface area contributed by atoms with Crippen molar-refractivity contribution in [3.8, 4) is 17.1 Å². The zero-order valence-electron chi connectivity index (χ0n) is 7.90. The monoisotopic (exact) mass is 285 g/mol. The lowest BCUT2D eigenvalue weighted by Crippen LogP contribution is -1.88. The van der Waals surface area contributed by atoms with Crippen molar-refractivity contribution in [2.24, 2.45) is 0 Å². The molecular weight excluding hydrogens is 278 g/mol. The molecule has 6 heteroatoms. The molecule has 0 bridgehead atoms. The summed E-state index contributed by atoms with van der Waals surface area (Å²) in [6.45, 7) is 0. The van der Waals surface area contributed by atoms with Gasteiger partial charge in [-0.2, -0.15) is 9.36 Å². The van der Waals surface area contributed by atoms with Gasteiger partial charge in [0.2, 0.25) is 0 Å². The van der Waals surface area contributed by atoms with Gasteiger partial charge in [-0.1, -0.05) is 15.9 Å². The largest absolute Gasteiger partial charge is 0.497 e. The number of rotatable bonds is 2. The highest BCUT2D eigenvalue weighted by Crippen LogP contribution is 2.30. The van der Waals surface area contributed by atoms with Crippen LogP contribution in [0.25, 0.3) is 11.4 Å². The van der Waals surface area contributed by atoms with Gasteiger partial charge in [-0.3, -0.25) is 0 Å². The minimum atomic E-state index is 0.458. The minimum Gasteiger partial charge on any atom is -0.497 e. The second kappa shape index (κ2) is 4.16. The number of aromatic nitrogens is 2. The Morgan fingerprint density at radius 2 is 2.27 bits per heavy atom. The number of nitrogen functional groups attached to an aromatic ring is 1. The van der Waals surface area contributed by atoms with Gasteiger partial charge in [0.1, 0.15) is 5.75 Å². The zero-order chi connectivity index (χ0) is 10.8. The number of methoxy groups -OCH3 is 1. The van der Waals surface area contributed by atoms with Crippen LogP contribution in [-0.4, -0.2) is 16.5 Å². The van der Waals surface area contributed by atoms with Crippen LogP contribution in [0.5, 0.6) is 5.75 Å². The number of halogens is 1. The van der Waals surface area contributed by atoms with E-state index in [-0.39, 0.29) is 0 Å². The lowest BCUT2D eigenvalue weighted by molar-refractivity contribution is 0.415. The van der Waals surface area contributed by atoms with Crippen molar-refractivity contribution in [2.45, 2.75) is 0 Å². The molecular formula is C9H8BrN3OS. The van der Waals surface area contributed by atoms with E-state index in [9.17, 15) is 0 Å². The second-order valence-electron chi connectivity index (χ2n) is 2.80. The van der Waals surface area contributed by atoms with Crippen molar-refractivity contribution in [2.75, 3.05) is 12.8 Å². The summed E-state index contributed by atoms with van der Waals surface area (Å²) in [5.41, 5.74) is 6.41. The van der Waals surface area contributed by atoms with Gasteiger partial charge in [0.25, 0.3) is 0 Å². The molecule has 2 rings (SSSR count). The second-order valence-corrected chi connectivity index (χ2v) is 4.44. The molecule has 0 saturated heterocycles. The Kier molecular flexibility index (Phi) is 2.88. The lowest BCUT2D eigenvalue weighted by Gasteiger charge is -2.03. The third-order valence-electron chi connectivity index (χ3n) is 1.86. The van der Waals surface area contributed by atoms with E-state index >= 15 is 0 Å². The number of hydrogen-bond acceptors (Lipinski definition) is 5. The molecule has 78 valence electrons. The summed E-state index contributed by atoms with van der Waals surface area (Å²) >= 11 is 4.61. The molecule has 0 aliphatic rings. The van der Waals surface area contributed by atoms with Gasteiger partial charge < -0.3 is 10.5 Å². The van der Waals surface area contributed by atoms with Crippen LogP contribution in [0, 0.1) is 0 Å². The highest BCUT2D eigenvalue weighted by molar-refractivity contribution is 9.10. The van der Waals surface area contributed by atoms with Gasteiger partial charge in [-0.15, -0.1) is 0 Å². The lowest BCUT2D eigenvalue weighted by atomic mass is 10.2. The molecule has 0 amide bonds. The fraction of sp³-hybridized carbons (Fsp3) is 0.111. The summed E-state index contributed by atoms with van der Waals surface area (Å²) in [4.78, 5) is 4.12. The number of hydrogen-bond donors (Lipinski definition) is 1. The van der Waals surface area contributed by atoms with E-state index in [2.05, 4.69) is 25.3 Å². The highest BCUT2D eigenvalue weighted by atomic mass is 79.9. The van der Waals surface area contributed by atoms with E-state index in [0.717, 1.165) is 15.8 Å². The Labute approximate surface area is 99.4 Å². The summed E-state index contributed by atoms with van der Waals surface area (Å²) in [6, 6.07) is 5.63. The molecule has 0 aliphatic heterocycles. The van der Waals surface area contributed by atoms with E-state index in [4.69, 9.17) is 10.5 Å². The smallest absolute Gasteiger partial charge is 0.200 e. The van der Waals surface area contributed by atoms with E-state index in [0.29, 0.717) is 11.0 Å². The van der Waals surface area contributed by atoms with Gasteiger partial charge in [0.15, 0.2) is 11.0 Å². The number of nitrogens with two attached hydrogens (primary N) is 1. The SMILES string of the molecule is COc1ccc(Br)c(-c2nsc(N)n2)c1. The van der Waals surface area contributed by atoms with Gasteiger partial charge in [-0.25, -0.2) is 0 Å². The maximum atomic E-state index is 5.53. The van der Waals surface area contributed by atoms with Gasteiger partial charge in [0, 0.05) is 21.6 Å². The zero-order valence-corrected chi connectivity index (χ0v) is 10.3. The molecule has 2 N–H and O–H groups in total. The van der Waals surface area contributed by atoms with Crippen molar-refractivity contribution in [1.82, 2.24) is 9.36 Å². The first kappa shape index (κ1) is 10.4. The number of benzene rings is 1. The van der Waals surface area contributed by atoms with Crippen molar-refractivity contribution < 1.29 is 4.74 Å². The van der Waals surface area contributed by atoms with E-state index in [1.807, 2.05) is 18.2 Å². The number of nitrogens with zero attached hydrogens (tertiary/aromatic N) is 2. The fourth-order valence-electron chi connectivity index (χ4n) is 1.15. The summed E-state index contributed by atoms with van der Waals surface area (Å²) in [7, 11) is 1.62. The normalized spacial score (nSPS) is 10.3. The van der Waals surface area contributed by atoms with Crippen LogP contribution < -0.4 is 10.5 Å². The van der Waals surface area contributed by atoms with Gasteiger partial charge in [-0.05, 0) is 18.2 Å². The molecule has 0 radical (unpaired) electrons. The Balaban J connectivity index is 2.51. The van der Waals surface area contributed by atoms with Crippen molar-refractivity contribution in [3.63, 3.8) is 0 Å². The highest BCUT2D eigenvalue weighted by Gasteiger charge is 2.09. The molecule has 1 heterocycles. The summed E-state index contributed by atoms with van der Waals surface area (Å²) < 4.78 is 10.2. The molecule has 0 atom stereocenters. The van der Waals surface area contributed by atoms with Crippen molar-refractivity contribution in [3.05, 3.63) is 22.7 Å². The first-order chi connectivity index (χ1) is 7.20. The predicted molar refractivity (Wildman–Crippen MR) is 64.0 cm³/mol. The molecule has 1 aromatic heterocycles. The first-order valence-electron chi connectivity index (χ1n) is 4.14. The maximum Gasteiger partial charge on any atom is 0.200 e. The molecule has 0 saturated carbocycles. The number of anilines is 1. The minimum absolute atomic E-state index is 0.458. The van der Waals surface area contributed by atoms with Crippen LogP contribution in [0.1, 0.15) is 0 Å². The molecule has 2 aromatic rings. The topological polar surface area (TPSA) is 61.0 Å². The van der Waals surface area contributed by atoms with Crippen LogP contribution in [0.2, 0.25) is 0 Å². The first-order valence-corrected chi connectivity index (χ1v) is 5.70. The fourth-order valence-corrected chi connectivity index (χ4v) is 2.02. The molecule has 0 aliphatic carbocycles. The van der Waals surface area contributed by atoms with Crippen LogP contribution in [0.3, 0.4) is 0 Å². The van der Waals surface area contributed by atoms with Crippen LogP contribution in [0.15, 0.2) is 22.7 Å². The average Bonchev–Trinajstić information content (AvgIpc) is 2.65. The summed E-state index contributed by atoms with van der Waals surface area (Å²) in [5, 5.41) is 0.458. The van der Waals surface area contributed by atoms with Crippen LogP contribution in [0.4, 0.5) is 5.13 Å². The maximum absolute atomic E-state index is 5.53. The Morgan fingerprint density at radius 1 is 1.47 bits per heavy atom. The summed E-state index contributed by atoms with van der Waals surface area (Å²) in [6.07, 6.45) is 0. The Morgan fingerprint density at radius 3 is 2.87 bits per heavy atom. The predicted octanol–water partition coefficient (Wildman–Crippen LogP) is 2.56. The van der Waals surface area contributed by atoms with Crippen molar-refractivity contribution >= 4 is 32.6 Å². The van der Waals surface area contributed by atoms with Crippen LogP contribution in [-0.2, 0) is 0 Å².